The average molecular weight is 341 g/mol. The lowest BCUT2D eigenvalue weighted by Crippen LogP contribution is -2.46. The van der Waals surface area contributed by atoms with Gasteiger partial charge in [-0.15, -0.1) is 0 Å². The summed E-state index contributed by atoms with van der Waals surface area (Å²) in [4.78, 5) is 38.9. The van der Waals surface area contributed by atoms with Crippen molar-refractivity contribution in [3.05, 3.63) is 35.9 Å². The summed E-state index contributed by atoms with van der Waals surface area (Å²) < 4.78 is 0. The molecule has 1 aromatic carbocycles. The summed E-state index contributed by atoms with van der Waals surface area (Å²) in [5.41, 5.74) is 0.574. The molecule has 1 saturated heterocycles. The largest absolute Gasteiger partial charge is 0.352 e. The molecule has 0 bridgehead atoms. The third-order valence-electron chi connectivity index (χ3n) is 4.24. The second-order valence-electron chi connectivity index (χ2n) is 6.58. The Bertz CT molecular complexity index is 679. The molecule has 1 aliphatic heterocycles. The first-order chi connectivity index (χ1) is 11.9. The van der Waals surface area contributed by atoms with E-state index >= 15 is 0 Å². The Balaban J connectivity index is 2.07. The Morgan fingerprint density at radius 2 is 1.92 bits per heavy atom. The van der Waals surface area contributed by atoms with Gasteiger partial charge in [-0.25, -0.2) is 0 Å². The van der Waals surface area contributed by atoms with Crippen molar-refractivity contribution in [3.8, 4) is 6.07 Å². The summed E-state index contributed by atoms with van der Waals surface area (Å²) in [6, 6.07) is 10.6. The predicted octanol–water partition coefficient (Wildman–Crippen LogP) is 1.77. The smallest absolute Gasteiger partial charge is 0.253 e. The van der Waals surface area contributed by atoms with Crippen molar-refractivity contribution in [3.63, 3.8) is 0 Å². The number of carbonyl (C=O) groups is 3. The molecule has 132 valence electrons. The first-order valence-corrected chi connectivity index (χ1v) is 8.52. The van der Waals surface area contributed by atoms with Crippen molar-refractivity contribution in [2.45, 2.75) is 32.7 Å². The second kappa shape index (κ2) is 8.43. The number of nitrogens with one attached hydrogen (secondary N) is 1. The van der Waals surface area contributed by atoms with Crippen molar-refractivity contribution in [1.29, 1.82) is 5.26 Å². The topological polar surface area (TPSA) is 90.3 Å². The lowest BCUT2D eigenvalue weighted by molar-refractivity contribution is -0.134. The van der Waals surface area contributed by atoms with Gasteiger partial charge in [0.05, 0.1) is 6.07 Å². The van der Waals surface area contributed by atoms with Crippen LogP contribution in [0.25, 0.3) is 0 Å². The number of hydrogen-bond donors (Lipinski definition) is 1. The lowest BCUT2D eigenvalue weighted by Gasteiger charge is -2.32. The van der Waals surface area contributed by atoms with Gasteiger partial charge < -0.3 is 10.2 Å². The summed E-state index contributed by atoms with van der Waals surface area (Å²) in [5, 5.41) is 11.9. The summed E-state index contributed by atoms with van der Waals surface area (Å²) in [6.45, 7) is 4.38. The molecule has 0 unspecified atom stereocenters. The summed E-state index contributed by atoms with van der Waals surface area (Å²) in [7, 11) is 0. The summed E-state index contributed by atoms with van der Waals surface area (Å²) >= 11 is 0. The number of benzene rings is 1. The Morgan fingerprint density at radius 1 is 1.24 bits per heavy atom. The lowest BCUT2D eigenvalue weighted by atomic mass is 9.86. The molecule has 0 saturated carbocycles. The fourth-order valence-corrected chi connectivity index (χ4v) is 3.01. The predicted molar refractivity (Wildman–Crippen MR) is 92.5 cm³/mol. The average Bonchev–Trinajstić information content (AvgIpc) is 2.62. The maximum atomic E-state index is 12.6. The van der Waals surface area contributed by atoms with Crippen LogP contribution in [-0.2, 0) is 9.59 Å². The molecule has 0 radical (unpaired) electrons. The molecule has 1 N–H and O–H groups in total. The third-order valence-corrected chi connectivity index (χ3v) is 4.24. The monoisotopic (exact) mass is 341 g/mol. The number of ketones is 1. The number of hydrogen-bond acceptors (Lipinski definition) is 4. The Morgan fingerprint density at radius 3 is 2.52 bits per heavy atom. The highest BCUT2D eigenvalue weighted by Gasteiger charge is 2.36. The fraction of sp³-hybridized carbons (Fsp3) is 0.474. The van der Waals surface area contributed by atoms with Crippen molar-refractivity contribution in [2.24, 2.45) is 11.8 Å². The van der Waals surface area contributed by atoms with E-state index in [2.05, 4.69) is 5.32 Å². The number of amides is 2. The highest BCUT2D eigenvalue weighted by Crippen LogP contribution is 2.22. The number of likely N-dealkylation sites (tertiary alicyclic amines) is 1. The first-order valence-electron chi connectivity index (χ1n) is 8.52. The summed E-state index contributed by atoms with van der Waals surface area (Å²) in [6.07, 6.45) is 1.27. The van der Waals surface area contributed by atoms with Gasteiger partial charge in [0.1, 0.15) is 0 Å². The fourth-order valence-electron chi connectivity index (χ4n) is 3.01. The Labute approximate surface area is 147 Å². The van der Waals surface area contributed by atoms with E-state index in [1.54, 1.807) is 43.0 Å². The number of nitrogens with zero attached hydrogens (tertiary/aromatic N) is 2. The van der Waals surface area contributed by atoms with E-state index in [-0.39, 0.29) is 18.5 Å². The van der Waals surface area contributed by atoms with E-state index in [9.17, 15) is 19.6 Å². The minimum atomic E-state index is -1.32. The molecule has 0 aromatic heterocycles. The van der Waals surface area contributed by atoms with E-state index < -0.39 is 23.5 Å². The minimum absolute atomic E-state index is 0.127. The van der Waals surface area contributed by atoms with E-state index in [4.69, 9.17) is 0 Å². The van der Waals surface area contributed by atoms with Gasteiger partial charge in [-0.1, -0.05) is 18.2 Å². The zero-order valence-corrected chi connectivity index (χ0v) is 14.6. The molecule has 2 atom stereocenters. The molecule has 25 heavy (non-hydrogen) atoms. The van der Waals surface area contributed by atoms with Crippen LogP contribution in [0.2, 0.25) is 0 Å². The van der Waals surface area contributed by atoms with E-state index in [1.807, 2.05) is 12.1 Å². The van der Waals surface area contributed by atoms with Crippen LogP contribution >= 0.6 is 0 Å². The van der Waals surface area contributed by atoms with Crippen LogP contribution in [0.1, 0.15) is 37.0 Å². The van der Waals surface area contributed by atoms with Gasteiger partial charge in [-0.2, -0.15) is 5.26 Å². The van der Waals surface area contributed by atoms with E-state index in [0.717, 1.165) is 0 Å². The number of nitriles is 1. The Kier molecular flexibility index (Phi) is 6.29. The van der Waals surface area contributed by atoms with Crippen molar-refractivity contribution in [2.75, 3.05) is 13.1 Å². The number of carbonyl (C=O) groups excluding carboxylic acids is 3. The molecule has 2 amide bonds. The van der Waals surface area contributed by atoms with Gasteiger partial charge in [0.15, 0.2) is 11.7 Å². The standard InChI is InChI=1S/C19H23N3O3/c1-13(2)21-18(24)16(11-20)17(23)15-9-6-10-22(12-15)19(25)14-7-4-3-5-8-14/h3-5,7-8,13,15-16H,6,9-10,12H2,1-2H3,(H,21,24)/t15-,16-/m0/s1. The quantitative estimate of drug-likeness (QED) is 0.827. The number of Topliss-reactive ketones (excluding diaryl/α,β-unsaturated/α-hetero) is 1. The van der Waals surface area contributed by atoms with E-state index in [0.29, 0.717) is 24.9 Å². The normalized spacial score (nSPS) is 18.3. The molecule has 0 spiro atoms. The first kappa shape index (κ1) is 18.7. The van der Waals surface area contributed by atoms with Crippen LogP contribution in [0.5, 0.6) is 0 Å². The highest BCUT2D eigenvalue weighted by molar-refractivity contribution is 6.05. The van der Waals surface area contributed by atoms with Crippen LogP contribution in [0.3, 0.4) is 0 Å². The molecule has 1 aromatic rings. The second-order valence-corrected chi connectivity index (χ2v) is 6.58. The zero-order chi connectivity index (χ0) is 18.4. The van der Waals surface area contributed by atoms with Gasteiger partial charge in [0.2, 0.25) is 5.91 Å². The summed E-state index contributed by atoms with van der Waals surface area (Å²) in [5.74, 6) is -2.89. The maximum absolute atomic E-state index is 12.6. The van der Waals surface area contributed by atoms with Crippen LogP contribution < -0.4 is 5.32 Å². The van der Waals surface area contributed by atoms with Gasteiger partial charge in [0.25, 0.3) is 5.91 Å². The van der Waals surface area contributed by atoms with Crippen LogP contribution in [0, 0.1) is 23.2 Å². The zero-order valence-electron chi connectivity index (χ0n) is 14.6. The van der Waals surface area contributed by atoms with Gasteiger partial charge in [-0.05, 0) is 38.8 Å². The SMILES string of the molecule is CC(C)NC(=O)[C@@H](C#N)C(=O)[C@H]1CCCN(C(=O)c2ccccc2)C1. The minimum Gasteiger partial charge on any atom is -0.352 e. The molecule has 2 rings (SSSR count). The van der Waals surface area contributed by atoms with Crippen LogP contribution in [0.15, 0.2) is 30.3 Å². The van der Waals surface area contributed by atoms with E-state index in [1.165, 1.54) is 0 Å². The van der Waals surface area contributed by atoms with Gasteiger partial charge in [-0.3, -0.25) is 14.4 Å². The molecular formula is C19H23N3O3. The van der Waals surface area contributed by atoms with Crippen molar-refractivity contribution < 1.29 is 14.4 Å². The van der Waals surface area contributed by atoms with Gasteiger partial charge >= 0.3 is 0 Å². The molecule has 1 heterocycles. The molecule has 1 fully saturated rings. The molecule has 6 heteroatoms. The molecule has 1 aliphatic rings. The van der Waals surface area contributed by atoms with Crippen molar-refractivity contribution >= 4 is 17.6 Å². The number of rotatable bonds is 5. The molecule has 0 aliphatic carbocycles. The maximum Gasteiger partial charge on any atom is 0.253 e. The molecule has 6 nitrogen and oxygen atoms in total. The van der Waals surface area contributed by atoms with Crippen LogP contribution in [-0.4, -0.2) is 41.6 Å². The van der Waals surface area contributed by atoms with Crippen molar-refractivity contribution in [1.82, 2.24) is 10.2 Å². The third kappa shape index (κ3) is 4.66. The molecular weight excluding hydrogens is 318 g/mol. The Hall–Kier alpha value is -2.68. The van der Waals surface area contributed by atoms with Crippen LogP contribution in [0.4, 0.5) is 0 Å². The number of piperidine rings is 1. The highest BCUT2D eigenvalue weighted by atomic mass is 16.2. The van der Waals surface area contributed by atoms with Gasteiger partial charge in [0, 0.05) is 30.6 Å².